The monoisotopic (exact) mass is 237 g/mol. The molecule has 0 bridgehead atoms. The number of rotatable bonds is 4. The van der Waals surface area contributed by atoms with Crippen LogP contribution in [0.2, 0.25) is 0 Å². The Bertz CT molecular complexity index is 321. The number of hydrogen-bond donors (Lipinski definition) is 1. The van der Waals surface area contributed by atoms with Gasteiger partial charge in [-0.2, -0.15) is 0 Å². The van der Waals surface area contributed by atoms with Crippen LogP contribution in [0.15, 0.2) is 17.5 Å². The lowest BCUT2D eigenvalue weighted by Gasteiger charge is -2.31. The lowest BCUT2D eigenvalue weighted by Crippen LogP contribution is -2.32. The standard InChI is InChI=1S/C13H19NOS/c1-3-10(9-14-11-5-6-11)13(15-7-1)12-4-2-8-16-12/h2,4,8,10-11,13-14H,1,3,5-7,9H2. The summed E-state index contributed by atoms with van der Waals surface area (Å²) >= 11 is 1.83. The molecule has 0 amide bonds. The van der Waals surface area contributed by atoms with E-state index in [0.29, 0.717) is 12.0 Å². The largest absolute Gasteiger partial charge is 0.372 e. The van der Waals surface area contributed by atoms with Gasteiger partial charge in [-0.25, -0.2) is 0 Å². The van der Waals surface area contributed by atoms with Gasteiger partial charge in [0, 0.05) is 30.0 Å². The molecule has 0 radical (unpaired) electrons. The molecule has 1 N–H and O–H groups in total. The van der Waals surface area contributed by atoms with Crippen molar-refractivity contribution in [3.8, 4) is 0 Å². The summed E-state index contributed by atoms with van der Waals surface area (Å²) in [6, 6.07) is 5.15. The summed E-state index contributed by atoms with van der Waals surface area (Å²) in [5.74, 6) is 0.674. The summed E-state index contributed by atoms with van der Waals surface area (Å²) < 4.78 is 5.96. The van der Waals surface area contributed by atoms with Gasteiger partial charge in [0.25, 0.3) is 0 Å². The minimum atomic E-state index is 0.347. The van der Waals surface area contributed by atoms with Crippen LogP contribution in [0.25, 0.3) is 0 Å². The molecular formula is C13H19NOS. The average Bonchev–Trinajstić information content (AvgIpc) is 3.00. The number of thiophene rings is 1. The van der Waals surface area contributed by atoms with Crippen molar-refractivity contribution in [3.05, 3.63) is 22.4 Å². The lowest BCUT2D eigenvalue weighted by molar-refractivity contribution is -0.0257. The van der Waals surface area contributed by atoms with E-state index in [-0.39, 0.29) is 0 Å². The van der Waals surface area contributed by atoms with Crippen molar-refractivity contribution in [3.63, 3.8) is 0 Å². The van der Waals surface area contributed by atoms with Gasteiger partial charge in [0.2, 0.25) is 0 Å². The summed E-state index contributed by atoms with van der Waals surface area (Å²) in [6.07, 6.45) is 5.62. The molecule has 1 aliphatic carbocycles. The predicted molar refractivity (Wildman–Crippen MR) is 66.8 cm³/mol. The van der Waals surface area contributed by atoms with Gasteiger partial charge in [-0.1, -0.05) is 6.07 Å². The molecular weight excluding hydrogens is 218 g/mol. The Morgan fingerprint density at radius 1 is 1.38 bits per heavy atom. The minimum Gasteiger partial charge on any atom is -0.372 e. The molecule has 0 aromatic carbocycles. The highest BCUT2D eigenvalue weighted by Gasteiger charge is 2.30. The number of nitrogens with one attached hydrogen (secondary N) is 1. The first-order valence-corrected chi connectivity index (χ1v) is 7.20. The second kappa shape index (κ2) is 4.86. The molecule has 0 spiro atoms. The van der Waals surface area contributed by atoms with E-state index in [4.69, 9.17) is 4.74 Å². The van der Waals surface area contributed by atoms with Gasteiger partial charge in [0.15, 0.2) is 0 Å². The summed E-state index contributed by atoms with van der Waals surface area (Å²) in [4.78, 5) is 1.40. The second-order valence-corrected chi connectivity index (χ2v) is 5.87. The molecule has 2 atom stereocenters. The Hall–Kier alpha value is -0.380. The molecule has 3 heteroatoms. The fourth-order valence-electron chi connectivity index (χ4n) is 2.43. The average molecular weight is 237 g/mol. The molecule has 1 saturated heterocycles. The van der Waals surface area contributed by atoms with Crippen molar-refractivity contribution < 1.29 is 4.74 Å². The third-order valence-corrected chi connectivity index (χ3v) is 4.45. The zero-order valence-electron chi connectivity index (χ0n) is 9.52. The third kappa shape index (κ3) is 2.47. The van der Waals surface area contributed by atoms with Crippen molar-refractivity contribution in [2.75, 3.05) is 13.2 Å². The summed E-state index contributed by atoms with van der Waals surface area (Å²) in [6.45, 7) is 2.07. The molecule has 1 aliphatic heterocycles. The van der Waals surface area contributed by atoms with E-state index in [2.05, 4.69) is 22.8 Å². The van der Waals surface area contributed by atoms with E-state index >= 15 is 0 Å². The van der Waals surface area contributed by atoms with Crippen LogP contribution in [0.4, 0.5) is 0 Å². The van der Waals surface area contributed by atoms with Gasteiger partial charge >= 0.3 is 0 Å². The van der Waals surface area contributed by atoms with Crippen molar-refractivity contribution in [2.24, 2.45) is 5.92 Å². The van der Waals surface area contributed by atoms with Crippen LogP contribution in [0.3, 0.4) is 0 Å². The minimum absolute atomic E-state index is 0.347. The number of hydrogen-bond acceptors (Lipinski definition) is 3. The molecule has 88 valence electrons. The quantitative estimate of drug-likeness (QED) is 0.869. The summed E-state index contributed by atoms with van der Waals surface area (Å²) in [5.41, 5.74) is 0. The van der Waals surface area contributed by atoms with E-state index in [1.165, 1.54) is 30.6 Å². The highest BCUT2D eigenvalue weighted by Crippen LogP contribution is 2.36. The second-order valence-electron chi connectivity index (χ2n) is 4.89. The van der Waals surface area contributed by atoms with E-state index in [9.17, 15) is 0 Å². The van der Waals surface area contributed by atoms with Gasteiger partial charge in [-0.15, -0.1) is 11.3 Å². The molecule has 1 aromatic heterocycles. The molecule has 1 saturated carbocycles. The van der Waals surface area contributed by atoms with Crippen molar-refractivity contribution in [2.45, 2.75) is 37.8 Å². The van der Waals surface area contributed by atoms with Crippen LogP contribution in [-0.4, -0.2) is 19.2 Å². The Morgan fingerprint density at radius 3 is 3.06 bits per heavy atom. The van der Waals surface area contributed by atoms with Crippen LogP contribution in [0.5, 0.6) is 0 Å². The van der Waals surface area contributed by atoms with E-state index < -0.39 is 0 Å². The van der Waals surface area contributed by atoms with E-state index in [0.717, 1.165) is 19.2 Å². The summed E-state index contributed by atoms with van der Waals surface area (Å²) in [5, 5.41) is 5.79. The van der Waals surface area contributed by atoms with Gasteiger partial charge in [-0.3, -0.25) is 0 Å². The Morgan fingerprint density at radius 2 is 2.31 bits per heavy atom. The highest BCUT2D eigenvalue weighted by molar-refractivity contribution is 7.10. The van der Waals surface area contributed by atoms with Gasteiger partial charge in [0.1, 0.15) is 0 Å². The first-order chi connectivity index (χ1) is 7.93. The maximum Gasteiger partial charge on any atom is 0.0956 e. The first-order valence-electron chi connectivity index (χ1n) is 6.32. The van der Waals surface area contributed by atoms with E-state index in [1.807, 2.05) is 11.3 Å². The maximum absolute atomic E-state index is 5.96. The fraction of sp³-hybridized carbons (Fsp3) is 0.692. The SMILES string of the molecule is c1csc(C2OCCCC2CNC2CC2)c1. The van der Waals surface area contributed by atoms with Crippen LogP contribution >= 0.6 is 11.3 Å². The lowest BCUT2D eigenvalue weighted by atomic mass is 9.93. The van der Waals surface area contributed by atoms with Crippen molar-refractivity contribution in [1.29, 1.82) is 0 Å². The Kier molecular flexibility index (Phi) is 3.27. The van der Waals surface area contributed by atoms with Crippen LogP contribution in [0, 0.1) is 5.92 Å². The molecule has 2 fully saturated rings. The molecule has 1 aromatic rings. The smallest absolute Gasteiger partial charge is 0.0956 e. The predicted octanol–water partition coefficient (Wildman–Crippen LogP) is 2.97. The highest BCUT2D eigenvalue weighted by atomic mass is 32.1. The Labute approximate surface area is 101 Å². The fourth-order valence-corrected chi connectivity index (χ4v) is 3.29. The van der Waals surface area contributed by atoms with Crippen LogP contribution < -0.4 is 5.32 Å². The van der Waals surface area contributed by atoms with Gasteiger partial charge < -0.3 is 10.1 Å². The van der Waals surface area contributed by atoms with Crippen LogP contribution in [-0.2, 0) is 4.74 Å². The van der Waals surface area contributed by atoms with Crippen molar-refractivity contribution >= 4 is 11.3 Å². The number of ether oxygens (including phenoxy) is 1. The molecule has 2 nitrogen and oxygen atoms in total. The summed E-state index contributed by atoms with van der Waals surface area (Å²) in [7, 11) is 0. The maximum atomic E-state index is 5.96. The first kappa shape index (κ1) is 10.8. The molecule has 2 heterocycles. The van der Waals surface area contributed by atoms with E-state index in [1.54, 1.807) is 0 Å². The molecule has 2 aliphatic rings. The van der Waals surface area contributed by atoms with Gasteiger partial charge in [0.05, 0.1) is 6.10 Å². The molecule has 2 unspecified atom stereocenters. The zero-order chi connectivity index (χ0) is 10.8. The topological polar surface area (TPSA) is 21.3 Å². The van der Waals surface area contributed by atoms with Gasteiger partial charge in [-0.05, 0) is 37.1 Å². The third-order valence-electron chi connectivity index (χ3n) is 3.51. The van der Waals surface area contributed by atoms with Crippen molar-refractivity contribution in [1.82, 2.24) is 5.32 Å². The molecule has 16 heavy (non-hydrogen) atoms. The normalized spacial score (nSPS) is 30.5. The molecule has 3 rings (SSSR count). The van der Waals surface area contributed by atoms with Crippen LogP contribution in [0.1, 0.15) is 36.7 Å². The Balaban J connectivity index is 1.63. The zero-order valence-corrected chi connectivity index (χ0v) is 10.3.